The molecule has 1 amide bonds. The first-order valence-corrected chi connectivity index (χ1v) is 11.2. The molecule has 0 spiro atoms. The van der Waals surface area contributed by atoms with Gasteiger partial charge in [-0.15, -0.1) is 0 Å². The van der Waals surface area contributed by atoms with Crippen LogP contribution in [0.1, 0.15) is 54.1 Å². The Morgan fingerprint density at radius 3 is 2.68 bits per heavy atom. The van der Waals surface area contributed by atoms with Crippen molar-refractivity contribution in [2.24, 2.45) is 7.05 Å². The van der Waals surface area contributed by atoms with Gasteiger partial charge in [0.25, 0.3) is 11.5 Å². The molecule has 1 aromatic carbocycles. The largest absolute Gasteiger partial charge is 0.424 e. The van der Waals surface area contributed by atoms with E-state index in [0.29, 0.717) is 29.7 Å². The van der Waals surface area contributed by atoms with Crippen LogP contribution in [0.5, 0.6) is 0 Å². The number of nitrogens with one attached hydrogen (secondary N) is 1. The summed E-state index contributed by atoms with van der Waals surface area (Å²) in [6.07, 6.45) is 1.31. The molecule has 4 rings (SSSR count). The van der Waals surface area contributed by atoms with Crippen LogP contribution < -0.4 is 10.9 Å². The summed E-state index contributed by atoms with van der Waals surface area (Å²) >= 11 is 0. The summed E-state index contributed by atoms with van der Waals surface area (Å²) in [5.41, 5.74) is -2.82. The molecular formula is C23H26F3N5O3. The van der Waals surface area contributed by atoms with Gasteiger partial charge in [-0.25, -0.2) is 9.97 Å². The van der Waals surface area contributed by atoms with Crippen molar-refractivity contribution in [3.05, 3.63) is 58.2 Å². The molecule has 0 radical (unpaired) electrons. The van der Waals surface area contributed by atoms with E-state index in [-0.39, 0.29) is 11.1 Å². The van der Waals surface area contributed by atoms with Crippen molar-refractivity contribution < 1.29 is 23.1 Å². The number of aryl methyl sites for hydroxylation is 2. The van der Waals surface area contributed by atoms with E-state index in [0.717, 1.165) is 36.4 Å². The van der Waals surface area contributed by atoms with Gasteiger partial charge in [0.1, 0.15) is 11.6 Å². The Balaban J connectivity index is 1.53. The molecule has 11 heteroatoms. The van der Waals surface area contributed by atoms with Crippen LogP contribution in [0.2, 0.25) is 0 Å². The standard InChI is InChI=1S/C23H26F3N5O3/c1-30-13-11-28-21(30)22(34,23(24,25)26)9-10-27-19(32)15-7-8-16-17(14-15)29-18-6-4-2-3-5-12-31(18)20(16)33/h7-8,11,13-14,34H,2-6,9-10,12H2,1H3,(H,27,32). The molecule has 1 aliphatic rings. The number of alkyl halides is 3. The van der Waals surface area contributed by atoms with Crippen LogP contribution in [0.15, 0.2) is 35.4 Å². The highest BCUT2D eigenvalue weighted by Gasteiger charge is 2.57. The summed E-state index contributed by atoms with van der Waals surface area (Å²) in [4.78, 5) is 33.8. The van der Waals surface area contributed by atoms with Gasteiger partial charge in [0.2, 0.25) is 5.60 Å². The Bertz CT molecular complexity index is 1270. The number of halogens is 3. The van der Waals surface area contributed by atoms with E-state index in [4.69, 9.17) is 0 Å². The van der Waals surface area contributed by atoms with E-state index in [9.17, 15) is 27.9 Å². The van der Waals surface area contributed by atoms with E-state index < -0.39 is 36.5 Å². The predicted molar refractivity (Wildman–Crippen MR) is 118 cm³/mol. The second kappa shape index (κ2) is 9.21. The Morgan fingerprint density at radius 1 is 1.21 bits per heavy atom. The third-order valence-electron chi connectivity index (χ3n) is 6.26. The SMILES string of the molecule is Cn1ccnc1C(O)(CCNC(=O)c1ccc2c(=O)n3c(nc2c1)CCCCCC3)C(F)(F)F. The molecule has 1 unspecified atom stereocenters. The van der Waals surface area contributed by atoms with Gasteiger partial charge in [-0.05, 0) is 31.0 Å². The topological polar surface area (TPSA) is 102 Å². The van der Waals surface area contributed by atoms with Crippen molar-refractivity contribution in [3.8, 4) is 0 Å². The van der Waals surface area contributed by atoms with Crippen LogP contribution in [-0.4, -0.2) is 42.8 Å². The molecule has 0 saturated heterocycles. The van der Waals surface area contributed by atoms with E-state index in [1.165, 1.54) is 31.4 Å². The number of carbonyl (C=O) groups is 1. The lowest BCUT2D eigenvalue weighted by molar-refractivity contribution is -0.272. The maximum Gasteiger partial charge on any atom is 0.424 e. The van der Waals surface area contributed by atoms with E-state index in [1.54, 1.807) is 4.57 Å². The molecule has 8 nitrogen and oxygen atoms in total. The quantitative estimate of drug-likeness (QED) is 0.589. The average Bonchev–Trinajstić information content (AvgIpc) is 3.20. The number of amides is 1. The van der Waals surface area contributed by atoms with Crippen molar-refractivity contribution >= 4 is 16.8 Å². The zero-order valence-corrected chi connectivity index (χ0v) is 18.7. The Morgan fingerprint density at radius 2 is 1.97 bits per heavy atom. The van der Waals surface area contributed by atoms with Crippen molar-refractivity contribution in [2.75, 3.05) is 6.54 Å². The third-order valence-corrected chi connectivity index (χ3v) is 6.26. The average molecular weight is 477 g/mol. The van der Waals surface area contributed by atoms with Crippen LogP contribution in [0, 0.1) is 0 Å². The lowest BCUT2D eigenvalue weighted by Gasteiger charge is -2.30. The Kier molecular flexibility index (Phi) is 6.48. The smallest absolute Gasteiger partial charge is 0.374 e. The van der Waals surface area contributed by atoms with Gasteiger partial charge in [-0.2, -0.15) is 13.2 Å². The van der Waals surface area contributed by atoms with E-state index >= 15 is 0 Å². The molecule has 0 aliphatic carbocycles. The van der Waals surface area contributed by atoms with Gasteiger partial charge in [0.05, 0.1) is 10.9 Å². The molecule has 0 bridgehead atoms. The third kappa shape index (κ3) is 4.44. The monoisotopic (exact) mass is 477 g/mol. The lowest BCUT2D eigenvalue weighted by Crippen LogP contribution is -2.46. The van der Waals surface area contributed by atoms with E-state index in [2.05, 4.69) is 15.3 Å². The second-order valence-electron chi connectivity index (χ2n) is 8.61. The Labute approximate surface area is 193 Å². The molecule has 0 fully saturated rings. The molecule has 182 valence electrons. The first-order chi connectivity index (χ1) is 16.1. The number of hydrogen-bond acceptors (Lipinski definition) is 5. The zero-order valence-electron chi connectivity index (χ0n) is 18.7. The molecule has 2 N–H and O–H groups in total. The zero-order chi connectivity index (χ0) is 24.5. The number of benzene rings is 1. The summed E-state index contributed by atoms with van der Waals surface area (Å²) in [5.74, 6) is -0.499. The fourth-order valence-electron chi connectivity index (χ4n) is 4.34. The van der Waals surface area contributed by atoms with Crippen LogP contribution in [-0.2, 0) is 25.6 Å². The number of aromatic nitrogens is 4. The van der Waals surface area contributed by atoms with Crippen LogP contribution in [0.4, 0.5) is 13.2 Å². The summed E-state index contributed by atoms with van der Waals surface area (Å²) in [5, 5.41) is 13.2. The van der Waals surface area contributed by atoms with Gasteiger partial charge < -0.3 is 15.0 Å². The van der Waals surface area contributed by atoms with Crippen molar-refractivity contribution in [1.29, 1.82) is 0 Å². The van der Waals surface area contributed by atoms with E-state index in [1.807, 2.05) is 0 Å². The summed E-state index contributed by atoms with van der Waals surface area (Å²) < 4.78 is 43.7. The van der Waals surface area contributed by atoms with Gasteiger partial charge in [-0.1, -0.05) is 12.8 Å². The summed E-state index contributed by atoms with van der Waals surface area (Å²) in [6, 6.07) is 4.44. The molecule has 1 aliphatic heterocycles. The summed E-state index contributed by atoms with van der Waals surface area (Å²) in [6.45, 7) is 0.164. The molecule has 0 saturated carbocycles. The predicted octanol–water partition coefficient (Wildman–Crippen LogP) is 2.82. The van der Waals surface area contributed by atoms with Crippen molar-refractivity contribution in [3.63, 3.8) is 0 Å². The van der Waals surface area contributed by atoms with Crippen molar-refractivity contribution in [2.45, 2.75) is 56.8 Å². The van der Waals surface area contributed by atoms with Crippen LogP contribution in [0.25, 0.3) is 10.9 Å². The Hall–Kier alpha value is -3.21. The van der Waals surface area contributed by atoms with Crippen LogP contribution in [0.3, 0.4) is 0 Å². The maximum atomic E-state index is 13.6. The minimum absolute atomic E-state index is 0.154. The number of fused-ring (bicyclic) bond motifs is 2. The highest BCUT2D eigenvalue weighted by Crippen LogP contribution is 2.40. The molecule has 3 aromatic rings. The molecule has 34 heavy (non-hydrogen) atoms. The number of carbonyl (C=O) groups excluding carboxylic acids is 1. The van der Waals surface area contributed by atoms with Gasteiger partial charge in [0.15, 0.2) is 0 Å². The van der Waals surface area contributed by atoms with Crippen molar-refractivity contribution in [1.82, 2.24) is 24.4 Å². The number of rotatable bonds is 5. The molecule has 1 atom stereocenters. The molecule has 3 heterocycles. The number of aliphatic hydroxyl groups is 1. The number of hydrogen-bond donors (Lipinski definition) is 2. The highest BCUT2D eigenvalue weighted by atomic mass is 19.4. The number of imidazole rings is 1. The highest BCUT2D eigenvalue weighted by molar-refractivity contribution is 5.97. The first kappa shape index (κ1) is 23.9. The minimum atomic E-state index is -4.98. The van der Waals surface area contributed by atoms with Crippen LogP contribution >= 0.6 is 0 Å². The van der Waals surface area contributed by atoms with Gasteiger partial charge in [0, 0.05) is 50.9 Å². The fraction of sp³-hybridized carbons (Fsp3) is 0.478. The minimum Gasteiger partial charge on any atom is -0.374 e. The van der Waals surface area contributed by atoms with Gasteiger partial charge >= 0.3 is 6.18 Å². The normalized spacial score (nSPS) is 16.4. The molecule has 2 aromatic heterocycles. The first-order valence-electron chi connectivity index (χ1n) is 11.2. The van der Waals surface area contributed by atoms with Gasteiger partial charge in [-0.3, -0.25) is 14.2 Å². The summed E-state index contributed by atoms with van der Waals surface area (Å²) in [7, 11) is 1.35. The number of nitrogens with zero attached hydrogens (tertiary/aromatic N) is 4. The second-order valence-corrected chi connectivity index (χ2v) is 8.61. The maximum absolute atomic E-state index is 13.6. The fourth-order valence-corrected chi connectivity index (χ4v) is 4.34. The molecular weight excluding hydrogens is 451 g/mol. The lowest BCUT2D eigenvalue weighted by atomic mass is 9.97.